The lowest BCUT2D eigenvalue weighted by molar-refractivity contribution is 0.326. The van der Waals surface area contributed by atoms with Gasteiger partial charge < -0.3 is 16.4 Å². The van der Waals surface area contributed by atoms with Gasteiger partial charge in [-0.3, -0.25) is 0 Å². The molecule has 0 heterocycles. The van der Waals surface area contributed by atoms with E-state index in [0.29, 0.717) is 6.42 Å². The minimum absolute atomic E-state index is 0. The third kappa shape index (κ3) is 0.579. The normalized spacial score (nSPS) is 20.4. The quantitative estimate of drug-likeness (QED) is 0.478. The maximum atomic E-state index is 9.01. The van der Waals surface area contributed by atoms with Crippen molar-refractivity contribution >= 4 is 0 Å². The van der Waals surface area contributed by atoms with Crippen LogP contribution in [-0.2, 0) is 0 Å². The third-order valence-corrected chi connectivity index (χ3v) is 1.70. The standard InChI is InChI=1S/C7H6O2.H3N/c8-6-4-1-2-5(3-4)7(6)9;/h1-2,8-9H,3H2;1H3. The van der Waals surface area contributed by atoms with E-state index in [4.69, 9.17) is 10.2 Å². The molecule has 0 aromatic heterocycles. The number of rotatable bonds is 0. The van der Waals surface area contributed by atoms with Gasteiger partial charge >= 0.3 is 0 Å². The number of hydrogen-bond acceptors (Lipinski definition) is 3. The Bertz CT molecular complexity index is 235. The van der Waals surface area contributed by atoms with Gasteiger partial charge in [0.25, 0.3) is 0 Å². The number of allylic oxidation sites excluding steroid dienone is 4. The molecule has 0 atom stereocenters. The van der Waals surface area contributed by atoms with Crippen LogP contribution in [0.4, 0.5) is 0 Å². The second-order valence-corrected chi connectivity index (χ2v) is 2.26. The van der Waals surface area contributed by atoms with Crippen LogP contribution in [0.1, 0.15) is 6.42 Å². The first-order valence-electron chi connectivity index (χ1n) is 2.82. The predicted octanol–water partition coefficient (Wildman–Crippen LogP) is 1.75. The average Bonchev–Trinajstić information content (AvgIpc) is 2.37. The van der Waals surface area contributed by atoms with Crippen LogP contribution < -0.4 is 6.15 Å². The largest absolute Gasteiger partial charge is 0.504 e. The van der Waals surface area contributed by atoms with Crippen molar-refractivity contribution in [3.8, 4) is 0 Å². The van der Waals surface area contributed by atoms with Crippen molar-refractivity contribution < 1.29 is 10.2 Å². The summed E-state index contributed by atoms with van der Waals surface area (Å²) in [6.45, 7) is 0. The molecular formula is C7H9NO2. The maximum Gasteiger partial charge on any atom is 0.161 e. The smallest absolute Gasteiger partial charge is 0.161 e. The lowest BCUT2D eigenvalue weighted by Gasteiger charge is -1.96. The maximum absolute atomic E-state index is 9.01. The van der Waals surface area contributed by atoms with Crippen LogP contribution in [0, 0.1) is 0 Å². The second kappa shape index (κ2) is 1.88. The van der Waals surface area contributed by atoms with Crippen molar-refractivity contribution in [2.75, 3.05) is 0 Å². The summed E-state index contributed by atoms with van der Waals surface area (Å²) in [5.74, 6) is 0.125. The molecule has 2 rings (SSSR count). The molecular weight excluding hydrogens is 130 g/mol. The van der Waals surface area contributed by atoms with Crippen molar-refractivity contribution in [3.63, 3.8) is 0 Å². The third-order valence-electron chi connectivity index (χ3n) is 1.70. The van der Waals surface area contributed by atoms with Gasteiger partial charge in [0.05, 0.1) is 0 Å². The van der Waals surface area contributed by atoms with Crippen LogP contribution in [0.3, 0.4) is 0 Å². The molecule has 0 aromatic carbocycles. The molecule has 0 aromatic rings. The number of fused-ring (bicyclic) bond motifs is 2. The van der Waals surface area contributed by atoms with Gasteiger partial charge in [-0.1, -0.05) is 12.2 Å². The monoisotopic (exact) mass is 139 g/mol. The molecule has 2 bridgehead atoms. The molecule has 0 fully saturated rings. The summed E-state index contributed by atoms with van der Waals surface area (Å²) < 4.78 is 0. The highest BCUT2D eigenvalue weighted by molar-refractivity contribution is 5.55. The van der Waals surface area contributed by atoms with Gasteiger partial charge in [-0.05, 0) is 0 Å². The topological polar surface area (TPSA) is 75.5 Å². The molecule has 0 unspecified atom stereocenters. The first kappa shape index (κ1) is 6.89. The number of aliphatic hydroxyl groups excluding tert-OH is 2. The zero-order chi connectivity index (χ0) is 6.43. The highest BCUT2D eigenvalue weighted by atomic mass is 16.3. The van der Waals surface area contributed by atoms with Crippen molar-refractivity contribution in [3.05, 3.63) is 34.8 Å². The summed E-state index contributed by atoms with van der Waals surface area (Å²) in [4.78, 5) is 0. The van der Waals surface area contributed by atoms with E-state index in [1.165, 1.54) is 0 Å². The Morgan fingerprint density at radius 3 is 1.60 bits per heavy atom. The summed E-state index contributed by atoms with van der Waals surface area (Å²) in [5.41, 5.74) is 1.67. The summed E-state index contributed by atoms with van der Waals surface area (Å²) in [6, 6.07) is 0. The van der Waals surface area contributed by atoms with E-state index in [2.05, 4.69) is 0 Å². The molecule has 2 aliphatic rings. The lowest BCUT2D eigenvalue weighted by Crippen LogP contribution is -1.87. The predicted molar refractivity (Wildman–Crippen MR) is 38.1 cm³/mol. The van der Waals surface area contributed by atoms with Gasteiger partial charge in [-0.2, -0.15) is 0 Å². The lowest BCUT2D eigenvalue weighted by atomic mass is 10.2. The van der Waals surface area contributed by atoms with Gasteiger partial charge in [-0.25, -0.2) is 0 Å². The highest BCUT2D eigenvalue weighted by Gasteiger charge is 2.24. The van der Waals surface area contributed by atoms with E-state index < -0.39 is 0 Å². The molecule has 0 radical (unpaired) electrons. The first-order chi connectivity index (χ1) is 4.29. The van der Waals surface area contributed by atoms with Crippen LogP contribution in [0.25, 0.3) is 0 Å². The van der Waals surface area contributed by atoms with Gasteiger partial charge in [0, 0.05) is 17.6 Å². The fourth-order valence-corrected chi connectivity index (χ4v) is 1.15. The summed E-state index contributed by atoms with van der Waals surface area (Å²) in [5, 5.41) is 18.0. The molecule has 10 heavy (non-hydrogen) atoms. The van der Waals surface area contributed by atoms with E-state index >= 15 is 0 Å². The second-order valence-electron chi connectivity index (χ2n) is 2.26. The SMILES string of the molecule is N.OC1=C2C=CC(=C1O)C2. The van der Waals surface area contributed by atoms with Crippen molar-refractivity contribution in [2.45, 2.75) is 6.42 Å². The minimum Gasteiger partial charge on any atom is -0.504 e. The Balaban J connectivity index is 0.000000500. The van der Waals surface area contributed by atoms with Crippen molar-refractivity contribution in [1.82, 2.24) is 6.15 Å². The van der Waals surface area contributed by atoms with Gasteiger partial charge in [0.2, 0.25) is 0 Å². The first-order valence-corrected chi connectivity index (χ1v) is 2.82. The zero-order valence-electron chi connectivity index (χ0n) is 5.46. The Labute approximate surface area is 58.6 Å². The van der Waals surface area contributed by atoms with Crippen LogP contribution in [0.15, 0.2) is 34.8 Å². The van der Waals surface area contributed by atoms with Crippen LogP contribution in [0.5, 0.6) is 0 Å². The average molecular weight is 139 g/mol. The number of hydrogen-bond donors (Lipinski definition) is 3. The summed E-state index contributed by atoms with van der Waals surface area (Å²) in [7, 11) is 0. The Morgan fingerprint density at radius 1 is 1.00 bits per heavy atom. The molecule has 0 aliphatic heterocycles. The van der Waals surface area contributed by atoms with E-state index in [1.54, 1.807) is 0 Å². The molecule has 0 spiro atoms. The van der Waals surface area contributed by atoms with Crippen molar-refractivity contribution in [1.29, 1.82) is 0 Å². The molecule has 0 saturated heterocycles. The molecule has 3 nitrogen and oxygen atoms in total. The highest BCUT2D eigenvalue weighted by Crippen LogP contribution is 2.35. The molecule has 0 amide bonds. The Morgan fingerprint density at radius 2 is 1.40 bits per heavy atom. The molecule has 54 valence electrons. The van der Waals surface area contributed by atoms with Crippen LogP contribution in [0.2, 0.25) is 0 Å². The fraction of sp³-hybridized carbons (Fsp3) is 0.143. The molecule has 2 aliphatic carbocycles. The van der Waals surface area contributed by atoms with Crippen LogP contribution >= 0.6 is 0 Å². The van der Waals surface area contributed by atoms with Gasteiger partial charge in [0.15, 0.2) is 11.5 Å². The van der Waals surface area contributed by atoms with Crippen molar-refractivity contribution in [2.24, 2.45) is 0 Å². The summed E-state index contributed by atoms with van der Waals surface area (Å²) in [6.07, 6.45) is 4.35. The zero-order valence-corrected chi connectivity index (χ0v) is 5.46. The van der Waals surface area contributed by atoms with E-state index in [0.717, 1.165) is 11.1 Å². The molecule has 0 saturated carbocycles. The minimum atomic E-state index is 0. The fourth-order valence-electron chi connectivity index (χ4n) is 1.15. The Hall–Kier alpha value is -1.22. The van der Waals surface area contributed by atoms with Crippen LogP contribution in [-0.4, -0.2) is 10.2 Å². The van der Waals surface area contributed by atoms with E-state index in [1.807, 2.05) is 12.2 Å². The summed E-state index contributed by atoms with van der Waals surface area (Å²) >= 11 is 0. The Kier molecular flexibility index (Phi) is 1.30. The molecule has 3 heteroatoms. The number of aliphatic hydroxyl groups is 2. The van der Waals surface area contributed by atoms with Gasteiger partial charge in [-0.15, -0.1) is 0 Å². The van der Waals surface area contributed by atoms with E-state index in [9.17, 15) is 0 Å². The molecule has 5 N–H and O–H groups in total. The van der Waals surface area contributed by atoms with Gasteiger partial charge in [0.1, 0.15) is 0 Å². The van der Waals surface area contributed by atoms with E-state index in [-0.39, 0.29) is 17.7 Å².